The van der Waals surface area contributed by atoms with Crippen molar-refractivity contribution in [1.82, 2.24) is 0 Å². The van der Waals surface area contributed by atoms with Crippen LogP contribution in [-0.2, 0) is 0 Å². The minimum absolute atomic E-state index is 0.188. The van der Waals surface area contributed by atoms with Gasteiger partial charge in [-0.2, -0.15) is 0 Å². The molecule has 0 saturated heterocycles. The van der Waals surface area contributed by atoms with E-state index < -0.39 is 6.10 Å². The van der Waals surface area contributed by atoms with Crippen molar-refractivity contribution in [2.75, 3.05) is 24.3 Å². The van der Waals surface area contributed by atoms with Gasteiger partial charge in [0.2, 0.25) is 0 Å². The minimum Gasteiger partial charge on any atom is -0.389 e. The average Bonchev–Trinajstić information content (AvgIpc) is 2.47. The summed E-state index contributed by atoms with van der Waals surface area (Å²) in [6, 6.07) is 14.7. The van der Waals surface area contributed by atoms with Crippen LogP contribution >= 0.6 is 0 Å². The molecule has 110 valence electrons. The molecule has 0 radical (unpaired) electrons. The molecule has 2 rings (SSSR count). The van der Waals surface area contributed by atoms with Crippen molar-refractivity contribution in [3.63, 3.8) is 0 Å². The lowest BCUT2D eigenvalue weighted by atomic mass is 10.1. The smallest absolute Gasteiger partial charge is 0.255 e. The van der Waals surface area contributed by atoms with Gasteiger partial charge in [-0.1, -0.05) is 24.3 Å². The standard InChI is InChI=1S/C17H20N2O2/c1-12(20)15-9-4-5-10-16(15)18-17(21)13-7-6-8-14(11-13)19(2)3/h4-12,20H,1-3H3,(H,18,21). The molecular formula is C17H20N2O2. The van der Waals surface area contributed by atoms with Crippen molar-refractivity contribution < 1.29 is 9.90 Å². The third kappa shape index (κ3) is 3.61. The summed E-state index contributed by atoms with van der Waals surface area (Å²) in [5, 5.41) is 12.6. The molecule has 1 atom stereocenters. The number of anilines is 2. The first kappa shape index (κ1) is 15.1. The second kappa shape index (κ2) is 6.41. The maximum absolute atomic E-state index is 12.4. The van der Waals surface area contributed by atoms with E-state index in [-0.39, 0.29) is 5.91 Å². The Bertz CT molecular complexity index is 636. The fraction of sp³-hybridized carbons (Fsp3) is 0.235. The number of para-hydroxylation sites is 1. The van der Waals surface area contributed by atoms with Gasteiger partial charge in [0.25, 0.3) is 5.91 Å². The zero-order chi connectivity index (χ0) is 15.4. The largest absolute Gasteiger partial charge is 0.389 e. The van der Waals surface area contributed by atoms with Gasteiger partial charge in [-0.05, 0) is 31.2 Å². The Morgan fingerprint density at radius 2 is 1.86 bits per heavy atom. The van der Waals surface area contributed by atoms with Crippen LogP contribution in [0, 0.1) is 0 Å². The van der Waals surface area contributed by atoms with Crippen LogP contribution in [-0.4, -0.2) is 25.1 Å². The second-order valence-corrected chi connectivity index (χ2v) is 5.16. The summed E-state index contributed by atoms with van der Waals surface area (Å²) >= 11 is 0. The highest BCUT2D eigenvalue weighted by atomic mass is 16.3. The first-order valence-corrected chi connectivity index (χ1v) is 6.85. The molecule has 4 heteroatoms. The van der Waals surface area contributed by atoms with Crippen molar-refractivity contribution in [3.8, 4) is 0 Å². The van der Waals surface area contributed by atoms with E-state index in [0.717, 1.165) is 5.69 Å². The molecule has 2 aromatic carbocycles. The molecule has 0 fully saturated rings. The summed E-state index contributed by atoms with van der Waals surface area (Å²) in [6.45, 7) is 1.68. The molecule has 21 heavy (non-hydrogen) atoms. The quantitative estimate of drug-likeness (QED) is 0.907. The van der Waals surface area contributed by atoms with Crippen LogP contribution in [0.2, 0.25) is 0 Å². The molecule has 0 spiro atoms. The van der Waals surface area contributed by atoms with E-state index in [2.05, 4.69) is 5.32 Å². The van der Waals surface area contributed by atoms with Gasteiger partial charge in [-0.3, -0.25) is 4.79 Å². The Kier molecular flexibility index (Phi) is 4.60. The van der Waals surface area contributed by atoms with Gasteiger partial charge in [0, 0.05) is 36.6 Å². The van der Waals surface area contributed by atoms with Crippen LogP contribution in [0.25, 0.3) is 0 Å². The van der Waals surface area contributed by atoms with Gasteiger partial charge >= 0.3 is 0 Å². The van der Waals surface area contributed by atoms with E-state index in [1.54, 1.807) is 25.1 Å². The van der Waals surface area contributed by atoms with Gasteiger partial charge < -0.3 is 15.3 Å². The number of rotatable bonds is 4. The van der Waals surface area contributed by atoms with Crippen molar-refractivity contribution >= 4 is 17.3 Å². The van der Waals surface area contributed by atoms with Crippen molar-refractivity contribution in [2.24, 2.45) is 0 Å². The lowest BCUT2D eigenvalue weighted by Gasteiger charge is -2.15. The van der Waals surface area contributed by atoms with Crippen molar-refractivity contribution in [3.05, 3.63) is 59.7 Å². The Labute approximate surface area is 125 Å². The molecule has 0 heterocycles. The highest BCUT2D eigenvalue weighted by Crippen LogP contribution is 2.23. The molecule has 0 aliphatic heterocycles. The van der Waals surface area contributed by atoms with Crippen LogP contribution in [0.3, 0.4) is 0 Å². The summed E-state index contributed by atoms with van der Waals surface area (Å²) in [5.41, 5.74) is 2.88. The van der Waals surface area contributed by atoms with Crippen LogP contribution in [0.15, 0.2) is 48.5 Å². The van der Waals surface area contributed by atoms with Gasteiger partial charge in [0.05, 0.1) is 6.10 Å². The number of carbonyl (C=O) groups is 1. The molecule has 0 aliphatic rings. The highest BCUT2D eigenvalue weighted by molar-refractivity contribution is 6.05. The summed E-state index contributed by atoms with van der Waals surface area (Å²) in [4.78, 5) is 14.3. The van der Waals surface area contributed by atoms with Crippen LogP contribution in [0.5, 0.6) is 0 Å². The maximum atomic E-state index is 12.4. The summed E-state index contributed by atoms with van der Waals surface area (Å²) in [5.74, 6) is -0.188. The van der Waals surface area contributed by atoms with Crippen LogP contribution in [0.1, 0.15) is 28.9 Å². The number of hydrogen-bond donors (Lipinski definition) is 2. The van der Waals surface area contributed by atoms with Crippen LogP contribution < -0.4 is 10.2 Å². The topological polar surface area (TPSA) is 52.6 Å². The number of hydrogen-bond acceptors (Lipinski definition) is 3. The van der Waals surface area contributed by atoms with Crippen molar-refractivity contribution in [2.45, 2.75) is 13.0 Å². The van der Waals surface area contributed by atoms with Crippen LogP contribution in [0.4, 0.5) is 11.4 Å². The van der Waals surface area contributed by atoms with Gasteiger partial charge in [0.1, 0.15) is 0 Å². The van der Waals surface area contributed by atoms with E-state index in [0.29, 0.717) is 16.8 Å². The number of carbonyl (C=O) groups excluding carboxylic acids is 1. The molecule has 0 aromatic heterocycles. The molecule has 0 aliphatic carbocycles. The number of aliphatic hydroxyl groups is 1. The predicted octanol–water partition coefficient (Wildman–Crippen LogP) is 3.06. The Hall–Kier alpha value is -2.33. The van der Waals surface area contributed by atoms with E-state index in [1.807, 2.05) is 49.3 Å². The third-order valence-electron chi connectivity index (χ3n) is 3.28. The van der Waals surface area contributed by atoms with E-state index in [9.17, 15) is 9.90 Å². The van der Waals surface area contributed by atoms with Crippen molar-refractivity contribution in [1.29, 1.82) is 0 Å². The van der Waals surface area contributed by atoms with E-state index >= 15 is 0 Å². The molecular weight excluding hydrogens is 264 g/mol. The first-order chi connectivity index (χ1) is 9.99. The van der Waals surface area contributed by atoms with Gasteiger partial charge in [0.15, 0.2) is 0 Å². The van der Waals surface area contributed by atoms with E-state index in [4.69, 9.17) is 0 Å². The average molecular weight is 284 g/mol. The monoisotopic (exact) mass is 284 g/mol. The zero-order valence-electron chi connectivity index (χ0n) is 12.5. The number of amides is 1. The number of aliphatic hydroxyl groups excluding tert-OH is 1. The molecule has 2 aromatic rings. The second-order valence-electron chi connectivity index (χ2n) is 5.16. The molecule has 1 amide bonds. The Morgan fingerprint density at radius 3 is 2.52 bits per heavy atom. The van der Waals surface area contributed by atoms with Gasteiger partial charge in [-0.15, -0.1) is 0 Å². The molecule has 4 nitrogen and oxygen atoms in total. The number of nitrogens with zero attached hydrogens (tertiary/aromatic N) is 1. The Morgan fingerprint density at radius 1 is 1.14 bits per heavy atom. The summed E-state index contributed by atoms with van der Waals surface area (Å²) in [6.07, 6.45) is -0.630. The Balaban J connectivity index is 2.24. The molecule has 1 unspecified atom stereocenters. The van der Waals surface area contributed by atoms with Gasteiger partial charge in [-0.25, -0.2) is 0 Å². The third-order valence-corrected chi connectivity index (χ3v) is 3.28. The van der Waals surface area contributed by atoms with E-state index in [1.165, 1.54) is 0 Å². The molecule has 2 N–H and O–H groups in total. The molecule has 0 bridgehead atoms. The fourth-order valence-electron chi connectivity index (χ4n) is 2.09. The highest BCUT2D eigenvalue weighted by Gasteiger charge is 2.12. The zero-order valence-corrected chi connectivity index (χ0v) is 12.5. The predicted molar refractivity (Wildman–Crippen MR) is 85.8 cm³/mol. The SMILES string of the molecule is CC(O)c1ccccc1NC(=O)c1cccc(N(C)C)c1. The summed E-state index contributed by atoms with van der Waals surface area (Å²) < 4.78 is 0. The molecule has 0 saturated carbocycles. The number of nitrogens with one attached hydrogen (secondary N) is 1. The maximum Gasteiger partial charge on any atom is 0.255 e. The number of benzene rings is 2. The first-order valence-electron chi connectivity index (χ1n) is 6.85. The fourth-order valence-corrected chi connectivity index (χ4v) is 2.09. The lowest BCUT2D eigenvalue weighted by Crippen LogP contribution is -2.15. The normalized spacial score (nSPS) is 11.8. The minimum atomic E-state index is -0.630. The summed E-state index contributed by atoms with van der Waals surface area (Å²) in [7, 11) is 3.86. The lowest BCUT2D eigenvalue weighted by molar-refractivity contribution is 0.102.